The molecule has 0 radical (unpaired) electrons. The van der Waals surface area contributed by atoms with Crippen molar-refractivity contribution in [3.63, 3.8) is 0 Å². The van der Waals surface area contributed by atoms with Crippen molar-refractivity contribution in [1.29, 1.82) is 0 Å². The van der Waals surface area contributed by atoms with Crippen LogP contribution in [0, 0.1) is 18.8 Å². The van der Waals surface area contributed by atoms with Gasteiger partial charge >= 0.3 is 0 Å². The molecule has 0 aliphatic heterocycles. The Kier molecular flexibility index (Phi) is 4.60. The third-order valence-corrected chi connectivity index (χ3v) is 2.85. The van der Waals surface area contributed by atoms with E-state index in [0.29, 0.717) is 16.8 Å². The second kappa shape index (κ2) is 6.60. The van der Waals surface area contributed by atoms with Crippen molar-refractivity contribution in [2.75, 3.05) is 11.9 Å². The number of carbonyl (C=O) groups excluding carboxylic acids is 1. The summed E-state index contributed by atoms with van der Waals surface area (Å²) in [5, 5.41) is 20.8. The highest BCUT2D eigenvalue weighted by molar-refractivity contribution is 6.05. The van der Waals surface area contributed by atoms with Crippen LogP contribution in [0.2, 0.25) is 0 Å². The van der Waals surface area contributed by atoms with Gasteiger partial charge in [-0.25, -0.2) is 0 Å². The first-order chi connectivity index (χ1) is 10.1. The Bertz CT molecular complexity index is 709. The van der Waals surface area contributed by atoms with Crippen molar-refractivity contribution in [3.05, 3.63) is 59.2 Å². The molecule has 1 amide bonds. The van der Waals surface area contributed by atoms with E-state index < -0.39 is 0 Å². The molecule has 106 valence electrons. The monoisotopic (exact) mass is 281 g/mol. The summed E-state index contributed by atoms with van der Waals surface area (Å²) in [6, 6.07) is 11.5. The van der Waals surface area contributed by atoms with Gasteiger partial charge in [0.15, 0.2) is 0 Å². The van der Waals surface area contributed by atoms with E-state index in [4.69, 9.17) is 5.11 Å². The number of aromatic hydroxyl groups is 1. The number of rotatable bonds is 2. The molecule has 0 bridgehead atoms. The molecule has 0 spiro atoms. The fraction of sp³-hybridized carbons (Fsp3) is 0.118. The van der Waals surface area contributed by atoms with Crippen LogP contribution in [0.3, 0.4) is 0 Å². The van der Waals surface area contributed by atoms with E-state index in [2.05, 4.69) is 17.2 Å². The fourth-order valence-electron chi connectivity index (χ4n) is 1.81. The zero-order chi connectivity index (χ0) is 15.2. The minimum atomic E-state index is -0.285. The summed E-state index contributed by atoms with van der Waals surface area (Å²) < 4.78 is 0. The van der Waals surface area contributed by atoms with Crippen molar-refractivity contribution in [2.45, 2.75) is 6.92 Å². The van der Waals surface area contributed by atoms with Crippen LogP contribution in [0.5, 0.6) is 5.75 Å². The van der Waals surface area contributed by atoms with Crippen LogP contribution in [0.15, 0.2) is 42.5 Å². The summed E-state index contributed by atoms with van der Waals surface area (Å²) in [7, 11) is 0. The lowest BCUT2D eigenvalue weighted by Gasteiger charge is -2.09. The Hall–Kier alpha value is -2.77. The average Bonchev–Trinajstić information content (AvgIpc) is 2.47. The van der Waals surface area contributed by atoms with Gasteiger partial charge in [-0.3, -0.25) is 4.79 Å². The highest BCUT2D eigenvalue weighted by Gasteiger charge is 2.08. The number of nitrogens with one attached hydrogen (secondary N) is 1. The van der Waals surface area contributed by atoms with Gasteiger partial charge in [-0.15, -0.1) is 0 Å². The van der Waals surface area contributed by atoms with Crippen LogP contribution in [0.4, 0.5) is 5.69 Å². The Morgan fingerprint density at radius 3 is 2.57 bits per heavy atom. The molecule has 0 atom stereocenters. The lowest BCUT2D eigenvalue weighted by molar-refractivity contribution is 0.102. The maximum atomic E-state index is 12.2. The summed E-state index contributed by atoms with van der Waals surface area (Å²) in [5.41, 5.74) is 2.66. The van der Waals surface area contributed by atoms with Crippen LogP contribution in [-0.4, -0.2) is 22.7 Å². The van der Waals surface area contributed by atoms with Crippen LogP contribution in [0.1, 0.15) is 21.5 Å². The smallest absolute Gasteiger partial charge is 0.255 e. The first-order valence-corrected chi connectivity index (χ1v) is 6.41. The van der Waals surface area contributed by atoms with E-state index >= 15 is 0 Å². The second-order valence-electron chi connectivity index (χ2n) is 4.51. The molecule has 2 aromatic rings. The number of aryl methyl sites for hydroxylation is 1. The minimum absolute atomic E-state index is 0.108. The molecule has 21 heavy (non-hydrogen) atoms. The number of carbonyl (C=O) groups is 1. The number of aliphatic hydroxyl groups is 1. The van der Waals surface area contributed by atoms with Gasteiger partial charge in [0.25, 0.3) is 5.91 Å². The first kappa shape index (κ1) is 14.6. The Labute approximate surface area is 123 Å². The largest absolute Gasteiger partial charge is 0.508 e. The van der Waals surface area contributed by atoms with Gasteiger partial charge in [-0.1, -0.05) is 17.9 Å². The quantitative estimate of drug-likeness (QED) is 0.740. The predicted octanol–water partition coefficient (Wildman–Crippen LogP) is 2.30. The summed E-state index contributed by atoms with van der Waals surface area (Å²) in [4.78, 5) is 12.2. The molecule has 2 rings (SSSR count). The SMILES string of the molecule is Cc1ccc(C#CCO)c(NC(=O)c2ccc(O)cc2)c1. The summed E-state index contributed by atoms with van der Waals surface area (Å²) in [6.07, 6.45) is 0. The molecule has 0 fully saturated rings. The number of aliphatic hydroxyl groups excluding tert-OH is 1. The van der Waals surface area contributed by atoms with Crippen molar-refractivity contribution in [1.82, 2.24) is 0 Å². The van der Waals surface area contributed by atoms with E-state index in [-0.39, 0.29) is 18.3 Å². The third kappa shape index (κ3) is 3.85. The van der Waals surface area contributed by atoms with E-state index in [1.807, 2.05) is 19.1 Å². The zero-order valence-electron chi connectivity index (χ0n) is 11.6. The molecule has 0 aliphatic rings. The molecule has 0 unspecified atom stereocenters. The molecule has 4 nitrogen and oxygen atoms in total. The molecule has 2 aromatic carbocycles. The van der Waals surface area contributed by atoms with Crippen LogP contribution in [-0.2, 0) is 0 Å². The summed E-state index contributed by atoms with van der Waals surface area (Å²) in [6.45, 7) is 1.68. The van der Waals surface area contributed by atoms with Gasteiger partial charge in [0.2, 0.25) is 0 Å². The fourth-order valence-corrected chi connectivity index (χ4v) is 1.81. The Balaban J connectivity index is 2.27. The molecule has 0 saturated heterocycles. The number of phenols is 1. The maximum Gasteiger partial charge on any atom is 0.255 e. The van der Waals surface area contributed by atoms with Crippen molar-refractivity contribution in [2.24, 2.45) is 0 Å². The maximum absolute atomic E-state index is 12.2. The number of amides is 1. The van der Waals surface area contributed by atoms with Crippen molar-refractivity contribution < 1.29 is 15.0 Å². The zero-order valence-corrected chi connectivity index (χ0v) is 11.6. The Morgan fingerprint density at radius 1 is 1.19 bits per heavy atom. The molecule has 0 aliphatic carbocycles. The Morgan fingerprint density at radius 2 is 1.90 bits per heavy atom. The van der Waals surface area contributed by atoms with E-state index in [0.717, 1.165) is 5.56 Å². The average molecular weight is 281 g/mol. The molecule has 0 heterocycles. The van der Waals surface area contributed by atoms with Gasteiger partial charge in [0.1, 0.15) is 12.4 Å². The van der Waals surface area contributed by atoms with Crippen LogP contribution < -0.4 is 5.32 Å². The van der Waals surface area contributed by atoms with Gasteiger partial charge in [0, 0.05) is 11.1 Å². The molecular weight excluding hydrogens is 266 g/mol. The number of hydrogen-bond acceptors (Lipinski definition) is 3. The van der Waals surface area contributed by atoms with E-state index in [1.54, 1.807) is 18.2 Å². The van der Waals surface area contributed by atoms with Gasteiger partial charge in [-0.2, -0.15) is 0 Å². The lowest BCUT2D eigenvalue weighted by atomic mass is 10.1. The summed E-state index contributed by atoms with van der Waals surface area (Å²) >= 11 is 0. The molecule has 0 saturated carbocycles. The number of benzene rings is 2. The number of anilines is 1. The molecule has 3 N–H and O–H groups in total. The molecule has 4 heteroatoms. The van der Waals surface area contributed by atoms with Crippen LogP contribution in [0.25, 0.3) is 0 Å². The van der Waals surface area contributed by atoms with Crippen molar-refractivity contribution in [3.8, 4) is 17.6 Å². The highest BCUT2D eigenvalue weighted by atomic mass is 16.3. The highest BCUT2D eigenvalue weighted by Crippen LogP contribution is 2.18. The van der Waals surface area contributed by atoms with Gasteiger partial charge < -0.3 is 15.5 Å². The minimum Gasteiger partial charge on any atom is -0.508 e. The first-order valence-electron chi connectivity index (χ1n) is 6.41. The topological polar surface area (TPSA) is 69.6 Å². The molecular formula is C17H15NO3. The normalized spacial score (nSPS) is 9.62. The van der Waals surface area contributed by atoms with Crippen molar-refractivity contribution >= 4 is 11.6 Å². The number of hydrogen-bond donors (Lipinski definition) is 3. The second-order valence-corrected chi connectivity index (χ2v) is 4.51. The predicted molar refractivity (Wildman–Crippen MR) is 81.2 cm³/mol. The van der Waals surface area contributed by atoms with Gasteiger partial charge in [-0.05, 0) is 48.9 Å². The van der Waals surface area contributed by atoms with Crippen LogP contribution >= 0.6 is 0 Å². The van der Waals surface area contributed by atoms with E-state index in [1.165, 1.54) is 12.1 Å². The standard InChI is InChI=1S/C17H15NO3/c1-12-4-5-13(3-2-10-19)16(11-12)18-17(21)14-6-8-15(20)9-7-14/h4-9,11,19-20H,10H2,1H3,(H,18,21). The van der Waals surface area contributed by atoms with Gasteiger partial charge in [0.05, 0.1) is 5.69 Å². The summed E-state index contributed by atoms with van der Waals surface area (Å²) in [5.74, 6) is 5.19. The lowest BCUT2D eigenvalue weighted by Crippen LogP contribution is -2.12. The number of phenolic OH excluding ortho intramolecular Hbond substituents is 1. The molecule has 0 aromatic heterocycles. The van der Waals surface area contributed by atoms with E-state index in [9.17, 15) is 9.90 Å². The third-order valence-electron chi connectivity index (χ3n) is 2.85.